The Kier molecular flexibility index (Phi) is 5.86. The summed E-state index contributed by atoms with van der Waals surface area (Å²) in [6, 6.07) is 0.418. The monoisotopic (exact) mass is 244 g/mol. The fourth-order valence-electron chi connectivity index (χ4n) is 2.46. The van der Waals surface area contributed by atoms with Crippen molar-refractivity contribution in [3.8, 4) is 0 Å². The van der Waals surface area contributed by atoms with Crippen LogP contribution in [0.25, 0.3) is 0 Å². The summed E-state index contributed by atoms with van der Waals surface area (Å²) in [7, 11) is 0. The molecule has 102 valence electrons. The first-order valence-electron chi connectivity index (χ1n) is 6.77. The molecule has 1 aliphatic rings. The fourth-order valence-corrected chi connectivity index (χ4v) is 2.46. The van der Waals surface area contributed by atoms with E-state index in [0.29, 0.717) is 12.6 Å². The second-order valence-corrected chi connectivity index (χ2v) is 5.33. The maximum Gasteiger partial charge on any atom is 0.0933 e. The molecule has 0 amide bonds. The molecule has 1 rings (SSSR count). The molecule has 0 aromatic rings. The Balaban J connectivity index is 2.63. The van der Waals surface area contributed by atoms with Gasteiger partial charge in [0.1, 0.15) is 0 Å². The number of nitrogens with zero attached hydrogens (tertiary/aromatic N) is 1. The molecule has 1 heterocycles. The number of nitrogens with two attached hydrogens (primary N) is 1. The first-order valence-corrected chi connectivity index (χ1v) is 6.77. The summed E-state index contributed by atoms with van der Waals surface area (Å²) < 4.78 is 5.56. The third-order valence-corrected chi connectivity index (χ3v) is 4.31. The van der Waals surface area contributed by atoms with Gasteiger partial charge in [-0.1, -0.05) is 13.8 Å². The molecule has 0 saturated carbocycles. The topological polar surface area (TPSA) is 58.7 Å². The molecule has 4 nitrogen and oxygen atoms in total. The van der Waals surface area contributed by atoms with Gasteiger partial charge in [-0.2, -0.15) is 0 Å². The summed E-state index contributed by atoms with van der Waals surface area (Å²) in [5, 5.41) is 9.19. The van der Waals surface area contributed by atoms with Crippen LogP contribution in [-0.2, 0) is 4.74 Å². The maximum atomic E-state index is 9.19. The van der Waals surface area contributed by atoms with E-state index in [9.17, 15) is 5.11 Å². The van der Waals surface area contributed by atoms with Crippen molar-refractivity contribution in [1.29, 1.82) is 0 Å². The lowest BCUT2D eigenvalue weighted by atomic mass is 9.81. The van der Waals surface area contributed by atoms with Crippen LogP contribution in [0.1, 0.15) is 33.6 Å². The zero-order valence-corrected chi connectivity index (χ0v) is 11.5. The van der Waals surface area contributed by atoms with Crippen molar-refractivity contribution in [2.75, 3.05) is 32.8 Å². The molecule has 1 fully saturated rings. The molecule has 4 heteroatoms. The molecule has 0 aromatic heterocycles. The summed E-state index contributed by atoms with van der Waals surface area (Å²) in [6.45, 7) is 9.98. The normalized spacial score (nSPS) is 27.4. The molecule has 2 atom stereocenters. The summed E-state index contributed by atoms with van der Waals surface area (Å²) in [5.74, 6) is 0. The molecular formula is C13H28N2O2. The smallest absolute Gasteiger partial charge is 0.0933 e. The highest BCUT2D eigenvalue weighted by Gasteiger charge is 2.33. The molecule has 17 heavy (non-hydrogen) atoms. The molecule has 1 saturated heterocycles. The van der Waals surface area contributed by atoms with Crippen molar-refractivity contribution in [3.05, 3.63) is 0 Å². The molecule has 3 N–H and O–H groups in total. The van der Waals surface area contributed by atoms with Gasteiger partial charge < -0.3 is 15.6 Å². The Hall–Kier alpha value is -0.160. The number of hydrogen-bond donors (Lipinski definition) is 2. The SMILES string of the molecule is CCC(CC)(CN)CN1CC(CO)OCC1C. The van der Waals surface area contributed by atoms with Crippen molar-refractivity contribution >= 4 is 0 Å². The van der Waals surface area contributed by atoms with Crippen LogP contribution >= 0.6 is 0 Å². The predicted molar refractivity (Wildman–Crippen MR) is 69.9 cm³/mol. The average Bonchev–Trinajstić information content (AvgIpc) is 2.38. The Morgan fingerprint density at radius 1 is 1.41 bits per heavy atom. The van der Waals surface area contributed by atoms with Gasteiger partial charge in [0.25, 0.3) is 0 Å². The number of rotatable bonds is 6. The molecule has 0 aromatic carbocycles. The summed E-state index contributed by atoms with van der Waals surface area (Å²) in [5.41, 5.74) is 6.17. The van der Waals surface area contributed by atoms with E-state index in [1.165, 1.54) is 0 Å². The van der Waals surface area contributed by atoms with E-state index >= 15 is 0 Å². The van der Waals surface area contributed by atoms with Crippen molar-refractivity contribution in [3.63, 3.8) is 0 Å². The zero-order chi connectivity index (χ0) is 12.9. The van der Waals surface area contributed by atoms with Crippen LogP contribution in [0.5, 0.6) is 0 Å². The second-order valence-electron chi connectivity index (χ2n) is 5.33. The average molecular weight is 244 g/mol. The molecule has 0 bridgehead atoms. The van der Waals surface area contributed by atoms with Gasteiger partial charge in [0.05, 0.1) is 19.3 Å². The lowest BCUT2D eigenvalue weighted by molar-refractivity contribution is -0.0882. The van der Waals surface area contributed by atoms with E-state index in [1.54, 1.807) is 0 Å². The highest BCUT2D eigenvalue weighted by Crippen LogP contribution is 2.28. The third-order valence-electron chi connectivity index (χ3n) is 4.31. The Morgan fingerprint density at radius 3 is 2.53 bits per heavy atom. The highest BCUT2D eigenvalue weighted by atomic mass is 16.5. The quantitative estimate of drug-likeness (QED) is 0.727. The summed E-state index contributed by atoms with van der Waals surface area (Å²) in [6.07, 6.45) is 2.18. The van der Waals surface area contributed by atoms with E-state index < -0.39 is 0 Å². The van der Waals surface area contributed by atoms with Crippen LogP contribution < -0.4 is 5.73 Å². The van der Waals surface area contributed by atoms with Crippen molar-refractivity contribution in [2.45, 2.75) is 45.8 Å². The second kappa shape index (κ2) is 6.69. The van der Waals surface area contributed by atoms with E-state index in [0.717, 1.165) is 32.5 Å². The number of ether oxygens (including phenoxy) is 1. The van der Waals surface area contributed by atoms with Gasteiger partial charge in [-0.3, -0.25) is 4.90 Å². The summed E-state index contributed by atoms with van der Waals surface area (Å²) in [4.78, 5) is 2.42. The zero-order valence-electron chi connectivity index (χ0n) is 11.5. The molecule has 0 spiro atoms. The molecule has 1 aliphatic heterocycles. The number of aliphatic hydroxyl groups excluding tert-OH is 1. The van der Waals surface area contributed by atoms with Crippen LogP contribution in [0, 0.1) is 5.41 Å². The highest BCUT2D eigenvalue weighted by molar-refractivity contribution is 4.86. The van der Waals surface area contributed by atoms with Crippen LogP contribution in [0.2, 0.25) is 0 Å². The van der Waals surface area contributed by atoms with Gasteiger partial charge >= 0.3 is 0 Å². The van der Waals surface area contributed by atoms with Crippen molar-refractivity contribution in [1.82, 2.24) is 4.90 Å². The Morgan fingerprint density at radius 2 is 2.06 bits per heavy atom. The molecule has 2 unspecified atom stereocenters. The van der Waals surface area contributed by atoms with Crippen molar-refractivity contribution < 1.29 is 9.84 Å². The number of aliphatic hydroxyl groups is 1. The fraction of sp³-hybridized carbons (Fsp3) is 1.00. The first-order chi connectivity index (χ1) is 8.10. The number of hydrogen-bond acceptors (Lipinski definition) is 4. The van der Waals surface area contributed by atoms with Crippen molar-refractivity contribution in [2.24, 2.45) is 11.1 Å². The minimum absolute atomic E-state index is 0.0320. The summed E-state index contributed by atoms with van der Waals surface area (Å²) >= 11 is 0. The minimum atomic E-state index is -0.0320. The maximum absolute atomic E-state index is 9.19. The van der Waals surface area contributed by atoms with E-state index in [1.807, 2.05) is 0 Å². The third kappa shape index (κ3) is 3.65. The standard InChI is InChI=1S/C13H28N2O2/c1-4-13(5-2,9-14)10-15-6-12(7-16)17-8-11(15)3/h11-12,16H,4-10,14H2,1-3H3. The van der Waals surface area contributed by atoms with Crippen LogP contribution in [-0.4, -0.2) is 55.0 Å². The van der Waals surface area contributed by atoms with Crippen LogP contribution in [0.15, 0.2) is 0 Å². The van der Waals surface area contributed by atoms with E-state index in [-0.39, 0.29) is 18.1 Å². The van der Waals surface area contributed by atoms with E-state index in [4.69, 9.17) is 10.5 Å². The van der Waals surface area contributed by atoms with Crippen LogP contribution in [0.3, 0.4) is 0 Å². The minimum Gasteiger partial charge on any atom is -0.394 e. The van der Waals surface area contributed by atoms with Gasteiger partial charge in [0.15, 0.2) is 0 Å². The van der Waals surface area contributed by atoms with Gasteiger partial charge in [-0.15, -0.1) is 0 Å². The Labute approximate surface area is 105 Å². The Bertz CT molecular complexity index is 211. The van der Waals surface area contributed by atoms with E-state index in [2.05, 4.69) is 25.7 Å². The van der Waals surface area contributed by atoms with Gasteiger partial charge in [-0.05, 0) is 31.7 Å². The lowest BCUT2D eigenvalue weighted by Gasteiger charge is -2.43. The van der Waals surface area contributed by atoms with Gasteiger partial charge in [0, 0.05) is 19.1 Å². The number of morpholine rings is 1. The largest absolute Gasteiger partial charge is 0.394 e. The molecule has 0 aliphatic carbocycles. The predicted octanol–water partition coefficient (Wildman–Crippen LogP) is 0.833. The molecular weight excluding hydrogens is 216 g/mol. The lowest BCUT2D eigenvalue weighted by Crippen LogP contribution is -2.54. The van der Waals surface area contributed by atoms with Gasteiger partial charge in [0.2, 0.25) is 0 Å². The molecule has 0 radical (unpaired) electrons. The van der Waals surface area contributed by atoms with Gasteiger partial charge in [-0.25, -0.2) is 0 Å². The first kappa shape index (κ1) is 14.9. The van der Waals surface area contributed by atoms with Crippen LogP contribution in [0.4, 0.5) is 0 Å².